The van der Waals surface area contributed by atoms with Crippen LogP contribution in [0.4, 0.5) is 0 Å². The summed E-state index contributed by atoms with van der Waals surface area (Å²) < 4.78 is 27.4. The van der Waals surface area contributed by atoms with Crippen LogP contribution in [0.2, 0.25) is 0 Å². The number of hydrogen-bond donors (Lipinski definition) is 2. The SMILES string of the molecule is Cc1ccc(C#N)cc1S(=O)(=O)N[C@@H](CCO)C(C)C. The minimum Gasteiger partial charge on any atom is -0.396 e. The van der Waals surface area contributed by atoms with Crippen molar-refractivity contribution in [1.82, 2.24) is 4.72 Å². The van der Waals surface area contributed by atoms with Crippen molar-refractivity contribution in [3.05, 3.63) is 29.3 Å². The molecule has 1 rings (SSSR count). The maximum absolute atomic E-state index is 12.4. The maximum Gasteiger partial charge on any atom is 0.241 e. The minimum absolute atomic E-state index is 0.0661. The first-order valence-electron chi connectivity index (χ1n) is 6.45. The molecule has 1 aromatic carbocycles. The molecule has 110 valence electrons. The number of aryl methyl sites for hydroxylation is 1. The fourth-order valence-corrected chi connectivity index (χ4v) is 3.58. The Bertz CT molecular complexity index is 603. The highest BCUT2D eigenvalue weighted by Gasteiger charge is 2.23. The number of rotatable bonds is 6. The molecule has 0 spiro atoms. The molecule has 0 aliphatic rings. The number of sulfonamides is 1. The van der Waals surface area contributed by atoms with E-state index in [-0.39, 0.29) is 23.5 Å². The smallest absolute Gasteiger partial charge is 0.241 e. The third kappa shape index (κ3) is 4.04. The first-order valence-corrected chi connectivity index (χ1v) is 7.94. The Labute approximate surface area is 120 Å². The van der Waals surface area contributed by atoms with E-state index in [1.807, 2.05) is 19.9 Å². The van der Waals surface area contributed by atoms with Crippen LogP contribution in [-0.2, 0) is 10.0 Å². The predicted molar refractivity (Wildman–Crippen MR) is 76.5 cm³/mol. The molecule has 0 aliphatic heterocycles. The lowest BCUT2D eigenvalue weighted by molar-refractivity contribution is 0.256. The normalized spacial score (nSPS) is 13.2. The first-order chi connectivity index (χ1) is 9.31. The lowest BCUT2D eigenvalue weighted by Gasteiger charge is -2.22. The first kappa shape index (κ1) is 16.6. The van der Waals surface area contributed by atoms with E-state index in [2.05, 4.69) is 4.72 Å². The van der Waals surface area contributed by atoms with E-state index in [0.717, 1.165) is 0 Å². The molecule has 5 nitrogen and oxygen atoms in total. The van der Waals surface area contributed by atoms with Crippen LogP contribution in [0.25, 0.3) is 0 Å². The van der Waals surface area contributed by atoms with Gasteiger partial charge in [-0.1, -0.05) is 19.9 Å². The summed E-state index contributed by atoms with van der Waals surface area (Å²) in [6.07, 6.45) is 0.355. The zero-order valence-corrected chi connectivity index (χ0v) is 12.7. The van der Waals surface area contributed by atoms with E-state index >= 15 is 0 Å². The summed E-state index contributed by atoms with van der Waals surface area (Å²) in [7, 11) is -3.70. The Balaban J connectivity index is 3.13. The monoisotopic (exact) mass is 296 g/mol. The molecule has 6 heteroatoms. The topological polar surface area (TPSA) is 90.2 Å². The summed E-state index contributed by atoms with van der Waals surface area (Å²) in [6.45, 7) is 5.39. The molecular weight excluding hydrogens is 276 g/mol. The molecule has 0 radical (unpaired) electrons. The molecule has 0 aliphatic carbocycles. The Morgan fingerprint density at radius 3 is 2.55 bits per heavy atom. The van der Waals surface area contributed by atoms with Crippen molar-refractivity contribution >= 4 is 10.0 Å². The number of benzene rings is 1. The number of aliphatic hydroxyl groups is 1. The van der Waals surface area contributed by atoms with E-state index in [1.54, 1.807) is 19.1 Å². The quantitative estimate of drug-likeness (QED) is 0.833. The summed E-state index contributed by atoms with van der Waals surface area (Å²) in [5, 5.41) is 17.9. The van der Waals surface area contributed by atoms with Crippen molar-refractivity contribution < 1.29 is 13.5 Å². The molecule has 0 saturated heterocycles. The minimum atomic E-state index is -3.70. The van der Waals surface area contributed by atoms with Gasteiger partial charge in [0.25, 0.3) is 0 Å². The van der Waals surface area contributed by atoms with Gasteiger partial charge in [-0.3, -0.25) is 0 Å². The van der Waals surface area contributed by atoms with Gasteiger partial charge in [-0.25, -0.2) is 13.1 Å². The second-order valence-electron chi connectivity index (χ2n) is 5.08. The molecule has 0 unspecified atom stereocenters. The van der Waals surface area contributed by atoms with Crippen LogP contribution in [0.1, 0.15) is 31.4 Å². The van der Waals surface area contributed by atoms with E-state index in [0.29, 0.717) is 17.5 Å². The van der Waals surface area contributed by atoms with Crippen molar-refractivity contribution in [1.29, 1.82) is 5.26 Å². The summed E-state index contributed by atoms with van der Waals surface area (Å²) >= 11 is 0. The van der Waals surface area contributed by atoms with Crippen LogP contribution < -0.4 is 4.72 Å². The molecule has 0 bridgehead atoms. The highest BCUT2D eigenvalue weighted by molar-refractivity contribution is 7.89. The predicted octanol–water partition coefficient (Wildman–Crippen LogP) is 1.55. The highest BCUT2D eigenvalue weighted by atomic mass is 32.2. The number of nitrogens with zero attached hydrogens (tertiary/aromatic N) is 1. The van der Waals surface area contributed by atoms with Gasteiger partial charge in [-0.15, -0.1) is 0 Å². The van der Waals surface area contributed by atoms with Gasteiger partial charge in [0.1, 0.15) is 0 Å². The van der Waals surface area contributed by atoms with Gasteiger partial charge in [0.2, 0.25) is 10.0 Å². The second kappa shape index (κ2) is 6.84. The van der Waals surface area contributed by atoms with E-state index in [1.165, 1.54) is 6.07 Å². The van der Waals surface area contributed by atoms with Gasteiger partial charge >= 0.3 is 0 Å². The molecule has 0 heterocycles. The summed E-state index contributed by atoms with van der Waals surface area (Å²) in [6, 6.07) is 6.17. The Morgan fingerprint density at radius 1 is 1.40 bits per heavy atom. The van der Waals surface area contributed by atoms with Gasteiger partial charge in [0.15, 0.2) is 0 Å². The highest BCUT2D eigenvalue weighted by Crippen LogP contribution is 2.18. The molecule has 0 saturated carbocycles. The fraction of sp³-hybridized carbons (Fsp3) is 0.500. The standard InChI is InChI=1S/C14H20N2O3S/c1-10(2)13(6-7-17)16-20(18,19)14-8-12(9-15)5-4-11(14)3/h4-5,8,10,13,16-17H,6-7H2,1-3H3/t13-/m0/s1. The van der Waals surface area contributed by atoms with Gasteiger partial charge in [-0.05, 0) is 37.0 Å². The number of nitriles is 1. The molecule has 20 heavy (non-hydrogen) atoms. The molecule has 1 aromatic rings. The fourth-order valence-electron chi connectivity index (χ4n) is 1.89. The number of hydrogen-bond acceptors (Lipinski definition) is 4. The zero-order valence-electron chi connectivity index (χ0n) is 11.9. The average molecular weight is 296 g/mol. The van der Waals surface area contributed by atoms with Gasteiger partial charge in [0, 0.05) is 12.6 Å². The molecule has 0 aromatic heterocycles. The Hall–Kier alpha value is -1.42. The number of aliphatic hydroxyl groups excluding tert-OH is 1. The van der Waals surface area contributed by atoms with Crippen LogP contribution >= 0.6 is 0 Å². The summed E-state index contributed by atoms with van der Waals surface area (Å²) in [4.78, 5) is 0.111. The van der Waals surface area contributed by atoms with Crippen LogP contribution in [0, 0.1) is 24.2 Å². The van der Waals surface area contributed by atoms with Gasteiger partial charge < -0.3 is 5.11 Å². The van der Waals surface area contributed by atoms with Crippen molar-refractivity contribution in [3.8, 4) is 6.07 Å². The molecular formula is C14H20N2O3S. The second-order valence-corrected chi connectivity index (χ2v) is 6.76. The Morgan fingerprint density at radius 2 is 2.05 bits per heavy atom. The summed E-state index contributed by atoms with van der Waals surface area (Å²) in [5.74, 6) is 0.0661. The third-order valence-corrected chi connectivity index (χ3v) is 4.79. The maximum atomic E-state index is 12.4. The average Bonchev–Trinajstić information content (AvgIpc) is 2.38. The van der Waals surface area contributed by atoms with Gasteiger partial charge in [0.05, 0.1) is 16.5 Å². The third-order valence-electron chi connectivity index (χ3n) is 3.16. The molecule has 2 N–H and O–H groups in total. The molecule has 1 atom stereocenters. The zero-order chi connectivity index (χ0) is 15.3. The van der Waals surface area contributed by atoms with Crippen LogP contribution in [-0.4, -0.2) is 26.2 Å². The van der Waals surface area contributed by atoms with E-state index in [9.17, 15) is 8.42 Å². The van der Waals surface area contributed by atoms with Crippen LogP contribution in [0.3, 0.4) is 0 Å². The lowest BCUT2D eigenvalue weighted by Crippen LogP contribution is -2.39. The van der Waals surface area contributed by atoms with Gasteiger partial charge in [-0.2, -0.15) is 5.26 Å². The van der Waals surface area contributed by atoms with Crippen molar-refractivity contribution in [2.75, 3.05) is 6.61 Å². The van der Waals surface area contributed by atoms with E-state index in [4.69, 9.17) is 10.4 Å². The summed E-state index contributed by atoms with van der Waals surface area (Å²) in [5.41, 5.74) is 0.891. The Kier molecular flexibility index (Phi) is 5.69. The van der Waals surface area contributed by atoms with Crippen molar-refractivity contribution in [3.63, 3.8) is 0 Å². The molecule has 0 fully saturated rings. The van der Waals surface area contributed by atoms with Crippen molar-refractivity contribution in [2.24, 2.45) is 5.92 Å². The van der Waals surface area contributed by atoms with Crippen LogP contribution in [0.15, 0.2) is 23.1 Å². The number of nitrogens with one attached hydrogen (secondary N) is 1. The van der Waals surface area contributed by atoms with Crippen LogP contribution in [0.5, 0.6) is 0 Å². The van der Waals surface area contributed by atoms with E-state index < -0.39 is 10.0 Å². The molecule has 0 amide bonds. The largest absolute Gasteiger partial charge is 0.396 e. The van der Waals surface area contributed by atoms with Crippen molar-refractivity contribution in [2.45, 2.75) is 38.1 Å². The lowest BCUT2D eigenvalue weighted by atomic mass is 10.0.